The van der Waals surface area contributed by atoms with Crippen molar-refractivity contribution >= 4 is 27.6 Å². The Labute approximate surface area is 229 Å². The van der Waals surface area contributed by atoms with Gasteiger partial charge in [0.1, 0.15) is 12.1 Å². The van der Waals surface area contributed by atoms with Gasteiger partial charge in [0.2, 0.25) is 15.9 Å². The molecule has 2 fully saturated rings. The summed E-state index contributed by atoms with van der Waals surface area (Å²) < 4.78 is 28.2. The quantitative estimate of drug-likeness (QED) is 0.410. The second-order valence-corrected chi connectivity index (χ2v) is 13.6. The molecule has 2 aliphatic rings. The number of hydrogen-bond acceptors (Lipinski definition) is 6. The average Bonchev–Trinajstić information content (AvgIpc) is 3.44. The summed E-state index contributed by atoms with van der Waals surface area (Å²) in [4.78, 5) is 41.3. The summed E-state index contributed by atoms with van der Waals surface area (Å²) >= 11 is 0. The van der Waals surface area contributed by atoms with Crippen LogP contribution in [0.15, 0.2) is 53.7 Å². The lowest BCUT2D eigenvalue weighted by atomic mass is 9.86. The number of Topliss-reactive ketones (excluding diaryl/α,β-unsaturated/α-hetero) is 1. The van der Waals surface area contributed by atoms with Crippen molar-refractivity contribution in [1.29, 1.82) is 0 Å². The largest absolute Gasteiger partial charge is 0.619 e. The smallest absolute Gasteiger partial charge is 0.251 e. The summed E-state index contributed by atoms with van der Waals surface area (Å²) in [5, 5.41) is 14.2. The van der Waals surface area contributed by atoms with E-state index in [1.807, 2.05) is 26.0 Å². The lowest BCUT2D eigenvalue weighted by Gasteiger charge is -2.29. The van der Waals surface area contributed by atoms with Gasteiger partial charge in [0.25, 0.3) is 5.91 Å². The Morgan fingerprint density at radius 1 is 1.10 bits per heavy atom. The molecule has 4 rings (SSSR count). The number of sulfonamides is 1. The maximum Gasteiger partial charge on any atom is 0.251 e. The zero-order valence-corrected chi connectivity index (χ0v) is 23.8. The van der Waals surface area contributed by atoms with Crippen molar-refractivity contribution in [1.82, 2.24) is 14.5 Å². The molecule has 2 saturated heterocycles. The minimum atomic E-state index is -4.05. The van der Waals surface area contributed by atoms with Gasteiger partial charge in [-0.05, 0) is 41.9 Å². The summed E-state index contributed by atoms with van der Waals surface area (Å²) in [6.45, 7) is 9.98. The molecule has 39 heavy (non-hydrogen) atoms. The standard InChI is InChI=1S/C28H36N4O6S/c1-18(2)16-22(29-26(34)19-6-8-20(9-7-19)28(3,4)5)27(35)31-15-12-23-25(31)24(33)17-32(23)39(37,38)21-10-13-30(36)14-11-21/h6-11,13-14,18,22-23,25H,12,15-17H2,1-5H3,(H,29,34). The maximum atomic E-state index is 13.7. The van der Waals surface area contributed by atoms with Gasteiger partial charge in [-0.25, -0.2) is 8.42 Å². The maximum absolute atomic E-state index is 13.7. The van der Waals surface area contributed by atoms with Crippen molar-refractivity contribution < 1.29 is 27.5 Å². The Kier molecular flexibility index (Phi) is 7.86. The molecule has 0 aliphatic carbocycles. The number of pyridine rings is 1. The van der Waals surface area contributed by atoms with Crippen LogP contribution in [0.25, 0.3) is 0 Å². The molecular weight excluding hydrogens is 520 g/mol. The fourth-order valence-electron chi connectivity index (χ4n) is 5.30. The molecule has 0 radical (unpaired) electrons. The number of hydrogen-bond donors (Lipinski definition) is 1. The van der Waals surface area contributed by atoms with E-state index < -0.39 is 34.1 Å². The van der Waals surface area contributed by atoms with Gasteiger partial charge in [0, 0.05) is 24.2 Å². The summed E-state index contributed by atoms with van der Waals surface area (Å²) in [6, 6.07) is 7.17. The first-order valence-electron chi connectivity index (χ1n) is 13.2. The van der Waals surface area contributed by atoms with Crippen LogP contribution in [0.3, 0.4) is 0 Å². The molecule has 10 nitrogen and oxygen atoms in total. The first-order chi connectivity index (χ1) is 18.2. The van der Waals surface area contributed by atoms with E-state index in [9.17, 15) is 28.0 Å². The van der Waals surface area contributed by atoms with E-state index in [2.05, 4.69) is 26.1 Å². The van der Waals surface area contributed by atoms with Crippen LogP contribution in [0.1, 0.15) is 63.4 Å². The van der Waals surface area contributed by atoms with Crippen LogP contribution in [0.2, 0.25) is 0 Å². The molecule has 2 aliphatic heterocycles. The van der Waals surface area contributed by atoms with E-state index in [1.54, 1.807) is 12.1 Å². The first-order valence-corrected chi connectivity index (χ1v) is 14.6. The molecule has 3 heterocycles. The van der Waals surface area contributed by atoms with Gasteiger partial charge in [-0.2, -0.15) is 9.04 Å². The van der Waals surface area contributed by atoms with Crippen molar-refractivity contribution in [2.24, 2.45) is 5.92 Å². The van der Waals surface area contributed by atoms with Crippen molar-refractivity contribution in [3.8, 4) is 0 Å². The highest BCUT2D eigenvalue weighted by atomic mass is 32.2. The Bertz CT molecular complexity index is 1350. The van der Waals surface area contributed by atoms with Crippen LogP contribution in [-0.4, -0.2) is 66.4 Å². The topological polar surface area (TPSA) is 131 Å². The molecule has 210 valence electrons. The Hall–Kier alpha value is -3.31. The molecule has 11 heteroatoms. The molecule has 0 bridgehead atoms. The number of carbonyl (C=O) groups is 3. The second-order valence-electron chi connectivity index (χ2n) is 11.7. The highest BCUT2D eigenvalue weighted by Crippen LogP contribution is 2.34. The number of ketones is 1. The van der Waals surface area contributed by atoms with Gasteiger partial charge >= 0.3 is 0 Å². The summed E-state index contributed by atoms with van der Waals surface area (Å²) in [5.41, 5.74) is 1.45. The van der Waals surface area contributed by atoms with Gasteiger partial charge in [0.15, 0.2) is 18.2 Å². The van der Waals surface area contributed by atoms with E-state index in [-0.39, 0.29) is 41.0 Å². The molecular formula is C28H36N4O6S. The third kappa shape index (κ3) is 5.84. The van der Waals surface area contributed by atoms with Gasteiger partial charge in [0.05, 0.1) is 17.5 Å². The van der Waals surface area contributed by atoms with Crippen LogP contribution in [-0.2, 0) is 25.0 Å². The molecule has 0 spiro atoms. The van der Waals surface area contributed by atoms with Crippen LogP contribution in [0, 0.1) is 11.1 Å². The van der Waals surface area contributed by atoms with E-state index in [0.717, 1.165) is 22.3 Å². The lowest BCUT2D eigenvalue weighted by Crippen LogP contribution is -2.53. The monoisotopic (exact) mass is 556 g/mol. The number of amides is 2. The van der Waals surface area contributed by atoms with Crippen LogP contribution >= 0.6 is 0 Å². The van der Waals surface area contributed by atoms with Crippen molar-refractivity contribution in [2.75, 3.05) is 13.1 Å². The number of nitrogens with one attached hydrogen (secondary N) is 1. The molecule has 2 aromatic rings. The number of nitrogens with zero attached hydrogens (tertiary/aromatic N) is 3. The second kappa shape index (κ2) is 10.7. The highest BCUT2D eigenvalue weighted by Gasteiger charge is 2.54. The molecule has 2 amide bonds. The number of fused-ring (bicyclic) bond motifs is 1. The van der Waals surface area contributed by atoms with Crippen LogP contribution in [0.4, 0.5) is 0 Å². The summed E-state index contributed by atoms with van der Waals surface area (Å²) in [5.74, 6) is -1.06. The molecule has 3 atom stereocenters. The Morgan fingerprint density at radius 3 is 2.28 bits per heavy atom. The highest BCUT2D eigenvalue weighted by molar-refractivity contribution is 7.89. The van der Waals surface area contributed by atoms with Crippen LogP contribution in [0.5, 0.6) is 0 Å². The fraction of sp³-hybridized carbons (Fsp3) is 0.500. The SMILES string of the molecule is CC(C)CC(NC(=O)c1ccc(C(C)(C)C)cc1)C(=O)N1CCC2C1C(=O)CN2S(=O)(=O)c1cc[n+]([O-])cc1. The average molecular weight is 557 g/mol. The number of carbonyl (C=O) groups excluding carboxylic acids is 3. The molecule has 1 aromatic heterocycles. The number of benzene rings is 1. The predicted molar refractivity (Wildman–Crippen MR) is 144 cm³/mol. The van der Waals surface area contributed by atoms with E-state index >= 15 is 0 Å². The van der Waals surface area contributed by atoms with Crippen LogP contribution < -0.4 is 10.0 Å². The lowest BCUT2D eigenvalue weighted by molar-refractivity contribution is -0.605. The van der Waals surface area contributed by atoms with E-state index in [0.29, 0.717) is 23.1 Å². The molecule has 0 saturated carbocycles. The van der Waals surface area contributed by atoms with Gasteiger partial charge in [-0.15, -0.1) is 0 Å². The van der Waals surface area contributed by atoms with Crippen molar-refractivity contribution in [3.05, 3.63) is 65.1 Å². The summed E-state index contributed by atoms with van der Waals surface area (Å²) in [7, 11) is -4.05. The van der Waals surface area contributed by atoms with Crippen molar-refractivity contribution in [2.45, 2.75) is 75.9 Å². The Balaban J connectivity index is 1.53. The molecule has 3 unspecified atom stereocenters. The zero-order chi connectivity index (χ0) is 28.7. The van der Waals surface area contributed by atoms with E-state index in [4.69, 9.17) is 0 Å². The van der Waals surface area contributed by atoms with Gasteiger partial charge in [-0.1, -0.05) is 46.8 Å². The number of rotatable bonds is 7. The zero-order valence-electron chi connectivity index (χ0n) is 23.0. The van der Waals surface area contributed by atoms with Gasteiger partial charge in [-0.3, -0.25) is 14.4 Å². The minimum Gasteiger partial charge on any atom is -0.619 e. The summed E-state index contributed by atoms with van der Waals surface area (Å²) in [6.07, 6.45) is 2.84. The first kappa shape index (κ1) is 28.7. The Morgan fingerprint density at radius 2 is 1.72 bits per heavy atom. The van der Waals surface area contributed by atoms with E-state index in [1.165, 1.54) is 17.0 Å². The number of likely N-dealkylation sites (tertiary alicyclic amines) is 1. The fourth-order valence-corrected chi connectivity index (χ4v) is 6.91. The van der Waals surface area contributed by atoms with Crippen molar-refractivity contribution in [3.63, 3.8) is 0 Å². The normalized spacial score (nSPS) is 20.8. The predicted octanol–water partition coefficient (Wildman–Crippen LogP) is 2.01. The number of aromatic nitrogens is 1. The third-order valence-corrected chi connectivity index (χ3v) is 9.25. The van der Waals surface area contributed by atoms with Gasteiger partial charge < -0.3 is 15.4 Å². The third-order valence-electron chi connectivity index (χ3n) is 7.36. The minimum absolute atomic E-state index is 0.0644. The molecule has 1 N–H and O–H groups in total. The molecule has 1 aromatic carbocycles.